The van der Waals surface area contributed by atoms with E-state index < -0.39 is 0 Å². The highest BCUT2D eigenvalue weighted by Crippen LogP contribution is 2.39. The molecule has 98 valence electrons. The van der Waals surface area contributed by atoms with Crippen LogP contribution in [0, 0.1) is 18.7 Å². The predicted octanol–water partition coefficient (Wildman–Crippen LogP) is 1.99. The zero-order valence-electron chi connectivity index (χ0n) is 10.8. The standard InChI is InChI=1S/C14H19FN2O/c1-9-7-10(3-6-12(9)15)13(18)17-14(2,8-16)11-4-5-11/h3,6-7,11H,4-5,8,16H2,1-2H3,(H,17,18). The smallest absolute Gasteiger partial charge is 0.251 e. The SMILES string of the molecule is Cc1cc(C(=O)NC(C)(CN)C2CC2)ccc1F. The molecule has 0 aromatic heterocycles. The molecular formula is C14H19FN2O. The Morgan fingerprint density at radius 2 is 2.22 bits per heavy atom. The number of rotatable bonds is 4. The maximum Gasteiger partial charge on any atom is 0.251 e. The Morgan fingerprint density at radius 1 is 1.56 bits per heavy atom. The van der Waals surface area contributed by atoms with Crippen molar-refractivity contribution < 1.29 is 9.18 Å². The molecule has 1 fully saturated rings. The number of carbonyl (C=O) groups excluding carboxylic acids is 1. The molecule has 1 amide bonds. The minimum absolute atomic E-state index is 0.182. The monoisotopic (exact) mass is 250 g/mol. The highest BCUT2D eigenvalue weighted by atomic mass is 19.1. The minimum Gasteiger partial charge on any atom is -0.345 e. The molecule has 1 unspecified atom stereocenters. The van der Waals surface area contributed by atoms with Crippen LogP contribution in [-0.2, 0) is 0 Å². The summed E-state index contributed by atoms with van der Waals surface area (Å²) >= 11 is 0. The molecule has 0 heterocycles. The van der Waals surface area contributed by atoms with E-state index >= 15 is 0 Å². The van der Waals surface area contributed by atoms with Gasteiger partial charge in [0.15, 0.2) is 0 Å². The first-order valence-electron chi connectivity index (χ1n) is 6.25. The molecule has 3 nitrogen and oxygen atoms in total. The van der Waals surface area contributed by atoms with E-state index in [0.717, 1.165) is 12.8 Å². The molecule has 0 saturated heterocycles. The third-order valence-electron chi connectivity index (χ3n) is 3.72. The fraction of sp³-hybridized carbons (Fsp3) is 0.500. The van der Waals surface area contributed by atoms with Gasteiger partial charge < -0.3 is 11.1 Å². The first kappa shape index (κ1) is 13.0. The topological polar surface area (TPSA) is 55.1 Å². The van der Waals surface area contributed by atoms with Crippen LogP contribution in [0.1, 0.15) is 35.7 Å². The molecule has 18 heavy (non-hydrogen) atoms. The summed E-state index contributed by atoms with van der Waals surface area (Å²) in [6.07, 6.45) is 2.22. The van der Waals surface area contributed by atoms with Crippen molar-refractivity contribution in [3.05, 3.63) is 35.1 Å². The summed E-state index contributed by atoms with van der Waals surface area (Å²) < 4.78 is 13.2. The van der Waals surface area contributed by atoms with Gasteiger partial charge in [-0.3, -0.25) is 4.79 Å². The second-order valence-corrected chi connectivity index (χ2v) is 5.31. The van der Waals surface area contributed by atoms with E-state index in [0.29, 0.717) is 23.6 Å². The van der Waals surface area contributed by atoms with Crippen molar-refractivity contribution in [2.24, 2.45) is 11.7 Å². The van der Waals surface area contributed by atoms with Crippen LogP contribution in [0.15, 0.2) is 18.2 Å². The molecular weight excluding hydrogens is 231 g/mol. The second-order valence-electron chi connectivity index (χ2n) is 5.31. The first-order valence-corrected chi connectivity index (χ1v) is 6.25. The summed E-state index contributed by atoms with van der Waals surface area (Å²) in [7, 11) is 0. The van der Waals surface area contributed by atoms with E-state index in [1.54, 1.807) is 13.0 Å². The van der Waals surface area contributed by atoms with Crippen molar-refractivity contribution in [2.75, 3.05) is 6.54 Å². The van der Waals surface area contributed by atoms with Crippen LogP contribution in [0.25, 0.3) is 0 Å². The molecule has 1 aliphatic carbocycles. The molecule has 1 atom stereocenters. The Hall–Kier alpha value is -1.42. The number of nitrogens with one attached hydrogen (secondary N) is 1. The molecule has 4 heteroatoms. The number of nitrogens with two attached hydrogens (primary N) is 1. The lowest BCUT2D eigenvalue weighted by Crippen LogP contribution is -2.53. The maximum absolute atomic E-state index is 13.2. The zero-order chi connectivity index (χ0) is 13.3. The Kier molecular flexibility index (Phi) is 3.39. The summed E-state index contributed by atoms with van der Waals surface area (Å²) in [5.41, 5.74) is 6.36. The molecule has 1 aromatic rings. The average molecular weight is 250 g/mol. The predicted molar refractivity (Wildman–Crippen MR) is 68.8 cm³/mol. The molecule has 0 radical (unpaired) electrons. The fourth-order valence-electron chi connectivity index (χ4n) is 2.16. The number of carbonyl (C=O) groups is 1. The molecule has 1 aliphatic rings. The quantitative estimate of drug-likeness (QED) is 0.858. The third kappa shape index (κ3) is 2.53. The van der Waals surface area contributed by atoms with Crippen LogP contribution < -0.4 is 11.1 Å². The zero-order valence-corrected chi connectivity index (χ0v) is 10.8. The van der Waals surface area contributed by atoms with Gasteiger partial charge in [0.1, 0.15) is 5.82 Å². The van der Waals surface area contributed by atoms with E-state index in [1.165, 1.54) is 12.1 Å². The number of aryl methyl sites for hydroxylation is 1. The highest BCUT2D eigenvalue weighted by Gasteiger charge is 2.41. The van der Waals surface area contributed by atoms with Crippen molar-refractivity contribution >= 4 is 5.91 Å². The summed E-state index contributed by atoms with van der Waals surface area (Å²) in [5, 5.41) is 2.98. The molecule has 0 aliphatic heterocycles. The fourth-order valence-corrected chi connectivity index (χ4v) is 2.16. The lowest BCUT2D eigenvalue weighted by Gasteiger charge is -2.29. The normalized spacial score (nSPS) is 18.2. The van der Waals surface area contributed by atoms with E-state index in [-0.39, 0.29) is 17.3 Å². The number of halogens is 1. The van der Waals surface area contributed by atoms with Gasteiger partial charge in [-0.25, -0.2) is 4.39 Å². The highest BCUT2D eigenvalue weighted by molar-refractivity contribution is 5.94. The third-order valence-corrected chi connectivity index (χ3v) is 3.72. The molecule has 3 N–H and O–H groups in total. The van der Waals surface area contributed by atoms with Crippen LogP contribution in [0.5, 0.6) is 0 Å². The largest absolute Gasteiger partial charge is 0.345 e. The van der Waals surface area contributed by atoms with Crippen molar-refractivity contribution in [1.29, 1.82) is 0 Å². The van der Waals surface area contributed by atoms with Gasteiger partial charge in [0.05, 0.1) is 5.54 Å². The first-order chi connectivity index (χ1) is 8.46. The van der Waals surface area contributed by atoms with Crippen molar-refractivity contribution in [3.8, 4) is 0 Å². The average Bonchev–Trinajstić information content (AvgIpc) is 3.16. The number of benzene rings is 1. The van der Waals surface area contributed by atoms with Crippen molar-refractivity contribution in [2.45, 2.75) is 32.2 Å². The molecule has 2 rings (SSSR count). The number of amides is 1. The van der Waals surface area contributed by atoms with Gasteiger partial charge in [-0.2, -0.15) is 0 Å². The Balaban J connectivity index is 2.13. The summed E-state index contributed by atoms with van der Waals surface area (Å²) in [5.74, 6) is -0.0127. The van der Waals surface area contributed by atoms with Gasteiger partial charge in [-0.15, -0.1) is 0 Å². The molecule has 0 bridgehead atoms. The van der Waals surface area contributed by atoms with Crippen LogP contribution in [0.2, 0.25) is 0 Å². The van der Waals surface area contributed by atoms with Crippen molar-refractivity contribution in [1.82, 2.24) is 5.32 Å². The van der Waals surface area contributed by atoms with Gasteiger partial charge in [-0.1, -0.05) is 0 Å². The lowest BCUT2D eigenvalue weighted by atomic mass is 9.95. The Morgan fingerprint density at radius 3 is 2.72 bits per heavy atom. The summed E-state index contributed by atoms with van der Waals surface area (Å²) in [4.78, 5) is 12.1. The Bertz CT molecular complexity index is 471. The maximum atomic E-state index is 13.2. The van der Waals surface area contributed by atoms with Crippen LogP contribution in [0.3, 0.4) is 0 Å². The van der Waals surface area contributed by atoms with Crippen LogP contribution >= 0.6 is 0 Å². The van der Waals surface area contributed by atoms with E-state index in [9.17, 15) is 9.18 Å². The molecule has 1 aromatic carbocycles. The van der Waals surface area contributed by atoms with Crippen molar-refractivity contribution in [3.63, 3.8) is 0 Å². The van der Waals surface area contributed by atoms with Gasteiger partial charge >= 0.3 is 0 Å². The second kappa shape index (κ2) is 4.69. The van der Waals surface area contributed by atoms with E-state index in [1.807, 2.05) is 6.92 Å². The van der Waals surface area contributed by atoms with Crippen LogP contribution in [-0.4, -0.2) is 18.0 Å². The van der Waals surface area contributed by atoms with E-state index in [4.69, 9.17) is 5.73 Å². The minimum atomic E-state index is -0.348. The molecule has 1 saturated carbocycles. The van der Waals surface area contributed by atoms with Gasteiger partial charge in [0.2, 0.25) is 0 Å². The lowest BCUT2D eigenvalue weighted by molar-refractivity contribution is 0.0897. The van der Waals surface area contributed by atoms with Gasteiger partial charge in [0.25, 0.3) is 5.91 Å². The Labute approximate surface area is 107 Å². The molecule has 0 spiro atoms. The number of hydrogen-bond acceptors (Lipinski definition) is 2. The van der Waals surface area contributed by atoms with Crippen LogP contribution in [0.4, 0.5) is 4.39 Å². The van der Waals surface area contributed by atoms with E-state index in [2.05, 4.69) is 5.32 Å². The number of hydrogen-bond donors (Lipinski definition) is 2. The van der Waals surface area contributed by atoms with Gasteiger partial charge in [-0.05, 0) is 56.4 Å². The summed E-state index contributed by atoms with van der Waals surface area (Å²) in [6.45, 7) is 4.04. The summed E-state index contributed by atoms with van der Waals surface area (Å²) in [6, 6.07) is 4.39. The van der Waals surface area contributed by atoms with Gasteiger partial charge in [0, 0.05) is 12.1 Å².